The summed E-state index contributed by atoms with van der Waals surface area (Å²) in [5.41, 5.74) is 5.03. The van der Waals surface area contributed by atoms with Gasteiger partial charge in [-0.2, -0.15) is 5.10 Å². The second kappa shape index (κ2) is 8.12. The fourth-order valence-corrected chi connectivity index (χ4v) is 2.57. The van der Waals surface area contributed by atoms with Gasteiger partial charge in [0, 0.05) is 6.21 Å². The largest absolute Gasteiger partial charge is 0.431 e. The molecular formula is C18H15N3O2S. The average molecular weight is 337 g/mol. The molecule has 1 aromatic heterocycles. The SMILES string of the molecule is O=C(CSc1nc2ccccc2o1)N/N=C/C=C/c1ccccc1. The number of hydrazone groups is 1. The second-order valence-electron chi connectivity index (χ2n) is 4.82. The van der Waals surface area contributed by atoms with E-state index in [4.69, 9.17) is 4.42 Å². The molecular weight excluding hydrogens is 322 g/mol. The van der Waals surface area contributed by atoms with Gasteiger partial charge in [0.1, 0.15) is 5.52 Å². The Morgan fingerprint density at radius 2 is 1.96 bits per heavy atom. The van der Waals surface area contributed by atoms with Crippen molar-refractivity contribution in [3.8, 4) is 0 Å². The lowest BCUT2D eigenvalue weighted by Crippen LogP contribution is -2.19. The fourth-order valence-electron chi connectivity index (χ4n) is 1.94. The maximum atomic E-state index is 11.7. The molecule has 6 heteroatoms. The van der Waals surface area contributed by atoms with E-state index in [0.717, 1.165) is 11.1 Å². The highest BCUT2D eigenvalue weighted by Gasteiger charge is 2.08. The lowest BCUT2D eigenvalue weighted by molar-refractivity contribution is -0.118. The van der Waals surface area contributed by atoms with Crippen LogP contribution in [-0.2, 0) is 4.79 Å². The Hall–Kier alpha value is -2.86. The van der Waals surface area contributed by atoms with Crippen molar-refractivity contribution in [2.24, 2.45) is 5.10 Å². The number of para-hydroxylation sites is 2. The van der Waals surface area contributed by atoms with E-state index in [9.17, 15) is 4.79 Å². The number of oxazole rings is 1. The van der Waals surface area contributed by atoms with Crippen molar-refractivity contribution >= 4 is 41.1 Å². The number of carbonyl (C=O) groups excluding carboxylic acids is 1. The van der Waals surface area contributed by atoms with Crippen molar-refractivity contribution in [2.75, 3.05) is 5.75 Å². The first kappa shape index (κ1) is 16.0. The third kappa shape index (κ3) is 4.57. The van der Waals surface area contributed by atoms with Crippen LogP contribution in [0.1, 0.15) is 5.56 Å². The van der Waals surface area contributed by atoms with Gasteiger partial charge >= 0.3 is 0 Å². The normalized spacial score (nSPS) is 11.5. The fraction of sp³-hybridized carbons (Fsp3) is 0.0556. The summed E-state index contributed by atoms with van der Waals surface area (Å²) in [7, 11) is 0. The Bertz CT molecular complexity index is 839. The molecule has 0 spiro atoms. The summed E-state index contributed by atoms with van der Waals surface area (Å²) in [6.07, 6.45) is 5.21. The zero-order chi connectivity index (χ0) is 16.6. The lowest BCUT2D eigenvalue weighted by Gasteiger charge is -1.96. The van der Waals surface area contributed by atoms with E-state index in [2.05, 4.69) is 15.5 Å². The molecule has 0 saturated heterocycles. The van der Waals surface area contributed by atoms with Crippen LogP contribution in [0.2, 0.25) is 0 Å². The van der Waals surface area contributed by atoms with Gasteiger partial charge in [-0.25, -0.2) is 10.4 Å². The molecule has 24 heavy (non-hydrogen) atoms. The van der Waals surface area contributed by atoms with Crippen molar-refractivity contribution in [3.63, 3.8) is 0 Å². The summed E-state index contributed by atoms with van der Waals surface area (Å²) in [5.74, 6) is -0.0290. The second-order valence-corrected chi connectivity index (χ2v) is 5.75. The van der Waals surface area contributed by atoms with Gasteiger partial charge in [0.2, 0.25) is 0 Å². The van der Waals surface area contributed by atoms with E-state index in [1.807, 2.05) is 60.7 Å². The third-order valence-corrected chi connectivity index (χ3v) is 3.87. The molecule has 120 valence electrons. The number of aromatic nitrogens is 1. The molecule has 0 atom stereocenters. The molecule has 0 radical (unpaired) electrons. The van der Waals surface area contributed by atoms with Crippen LogP contribution < -0.4 is 5.43 Å². The topological polar surface area (TPSA) is 67.5 Å². The number of rotatable bonds is 6. The van der Waals surface area contributed by atoms with Crippen molar-refractivity contribution in [3.05, 3.63) is 66.2 Å². The number of benzene rings is 2. The lowest BCUT2D eigenvalue weighted by atomic mass is 10.2. The smallest absolute Gasteiger partial charge is 0.257 e. The summed E-state index contributed by atoms with van der Waals surface area (Å²) < 4.78 is 5.53. The highest BCUT2D eigenvalue weighted by molar-refractivity contribution is 7.99. The molecule has 0 aliphatic rings. The van der Waals surface area contributed by atoms with E-state index in [1.165, 1.54) is 18.0 Å². The third-order valence-electron chi connectivity index (χ3n) is 3.04. The van der Waals surface area contributed by atoms with Gasteiger partial charge in [-0.15, -0.1) is 0 Å². The van der Waals surface area contributed by atoms with Crippen molar-refractivity contribution in [2.45, 2.75) is 5.22 Å². The van der Waals surface area contributed by atoms with Crippen LogP contribution in [0, 0.1) is 0 Å². The first-order valence-electron chi connectivity index (χ1n) is 7.33. The van der Waals surface area contributed by atoms with Gasteiger partial charge in [-0.1, -0.05) is 60.3 Å². The Morgan fingerprint density at radius 1 is 1.17 bits per heavy atom. The molecule has 0 bridgehead atoms. The summed E-state index contributed by atoms with van der Waals surface area (Å²) in [5, 5.41) is 4.34. The maximum Gasteiger partial charge on any atom is 0.257 e. The summed E-state index contributed by atoms with van der Waals surface area (Å²) in [6, 6.07) is 17.3. The Kier molecular flexibility index (Phi) is 5.42. The number of thioether (sulfide) groups is 1. The molecule has 0 aliphatic carbocycles. The molecule has 1 amide bonds. The molecule has 2 aromatic carbocycles. The highest BCUT2D eigenvalue weighted by atomic mass is 32.2. The molecule has 1 heterocycles. The van der Waals surface area contributed by atoms with Crippen LogP contribution in [0.4, 0.5) is 0 Å². The van der Waals surface area contributed by atoms with E-state index in [0.29, 0.717) is 10.8 Å². The van der Waals surface area contributed by atoms with Crippen LogP contribution >= 0.6 is 11.8 Å². The average Bonchev–Trinajstić information content (AvgIpc) is 3.03. The Labute approximate surface area is 143 Å². The number of fused-ring (bicyclic) bond motifs is 1. The summed E-state index contributed by atoms with van der Waals surface area (Å²) in [4.78, 5) is 16.0. The monoisotopic (exact) mass is 337 g/mol. The molecule has 0 saturated carbocycles. The molecule has 0 aliphatic heterocycles. The number of nitrogens with zero attached hydrogens (tertiary/aromatic N) is 2. The van der Waals surface area contributed by atoms with Crippen LogP contribution in [0.3, 0.4) is 0 Å². The molecule has 0 fully saturated rings. The van der Waals surface area contributed by atoms with Crippen LogP contribution in [0.5, 0.6) is 0 Å². The van der Waals surface area contributed by atoms with Crippen molar-refractivity contribution in [1.29, 1.82) is 0 Å². The van der Waals surface area contributed by atoms with Gasteiger partial charge in [-0.3, -0.25) is 4.79 Å². The van der Waals surface area contributed by atoms with E-state index in [1.54, 1.807) is 6.08 Å². The van der Waals surface area contributed by atoms with Gasteiger partial charge < -0.3 is 4.42 Å². The minimum absolute atomic E-state index is 0.187. The Morgan fingerprint density at radius 3 is 2.79 bits per heavy atom. The minimum Gasteiger partial charge on any atom is -0.431 e. The number of hydrogen-bond acceptors (Lipinski definition) is 5. The van der Waals surface area contributed by atoms with E-state index < -0.39 is 0 Å². The predicted octanol–water partition coefficient (Wildman–Crippen LogP) is 3.74. The summed E-state index contributed by atoms with van der Waals surface area (Å²) in [6.45, 7) is 0. The number of amides is 1. The maximum absolute atomic E-state index is 11.7. The molecule has 3 rings (SSSR count). The first-order valence-corrected chi connectivity index (χ1v) is 8.32. The number of hydrogen-bond donors (Lipinski definition) is 1. The van der Waals surface area contributed by atoms with Crippen molar-refractivity contribution in [1.82, 2.24) is 10.4 Å². The van der Waals surface area contributed by atoms with E-state index in [-0.39, 0.29) is 11.7 Å². The predicted molar refractivity (Wildman–Crippen MR) is 96.8 cm³/mol. The van der Waals surface area contributed by atoms with Gasteiger partial charge in [-0.05, 0) is 23.8 Å². The molecule has 5 nitrogen and oxygen atoms in total. The molecule has 1 N–H and O–H groups in total. The Balaban J connectivity index is 1.44. The molecule has 0 unspecified atom stereocenters. The van der Waals surface area contributed by atoms with Gasteiger partial charge in [0.05, 0.1) is 5.75 Å². The minimum atomic E-state index is -0.216. The van der Waals surface area contributed by atoms with Crippen LogP contribution in [0.15, 0.2) is 75.4 Å². The zero-order valence-corrected chi connectivity index (χ0v) is 13.6. The van der Waals surface area contributed by atoms with Crippen molar-refractivity contribution < 1.29 is 9.21 Å². The number of carbonyl (C=O) groups is 1. The first-order chi connectivity index (χ1) is 11.8. The van der Waals surface area contributed by atoms with E-state index >= 15 is 0 Å². The number of nitrogens with one attached hydrogen (secondary N) is 1. The molecule has 3 aromatic rings. The summed E-state index contributed by atoms with van der Waals surface area (Å²) >= 11 is 1.23. The van der Waals surface area contributed by atoms with Crippen LogP contribution in [-0.4, -0.2) is 22.9 Å². The standard InChI is InChI=1S/C18H15N3O2S/c22-17(21-19-12-6-9-14-7-2-1-3-8-14)13-24-18-20-15-10-4-5-11-16(15)23-18/h1-12H,13H2,(H,21,22)/b9-6+,19-12+. The van der Waals surface area contributed by atoms with Gasteiger partial charge in [0.25, 0.3) is 11.1 Å². The van der Waals surface area contributed by atoms with Gasteiger partial charge in [0.15, 0.2) is 5.58 Å². The van der Waals surface area contributed by atoms with Crippen LogP contribution in [0.25, 0.3) is 17.2 Å². The zero-order valence-electron chi connectivity index (χ0n) is 12.8. The highest BCUT2D eigenvalue weighted by Crippen LogP contribution is 2.22. The number of allylic oxidation sites excluding steroid dienone is 1. The quantitative estimate of drug-likeness (QED) is 0.423.